The molecule has 7 nitrogen and oxygen atoms in total. The smallest absolute Gasteiger partial charge is 0.119 e. The van der Waals surface area contributed by atoms with E-state index in [1.165, 1.54) is 0 Å². The highest BCUT2D eigenvalue weighted by atomic mass is 16.6. The zero-order chi connectivity index (χ0) is 22.2. The summed E-state index contributed by atoms with van der Waals surface area (Å²) in [5, 5.41) is 9.66. The number of aliphatic imine (C=N–C) groups is 1. The predicted molar refractivity (Wildman–Crippen MR) is 121 cm³/mol. The molecule has 0 aliphatic rings. The third-order valence-electron chi connectivity index (χ3n) is 4.46. The van der Waals surface area contributed by atoms with Crippen molar-refractivity contribution in [2.75, 3.05) is 60.5 Å². The summed E-state index contributed by atoms with van der Waals surface area (Å²) in [6, 6.07) is 15.3. The molecular formula is C24H33NO6. The number of hydrogen-bond acceptors (Lipinski definition) is 7. The van der Waals surface area contributed by atoms with Gasteiger partial charge in [0.05, 0.1) is 52.8 Å². The number of rotatable bonds is 16. The van der Waals surface area contributed by atoms with Crippen LogP contribution >= 0.6 is 0 Å². The van der Waals surface area contributed by atoms with Gasteiger partial charge in [-0.25, -0.2) is 0 Å². The molecule has 0 heterocycles. The van der Waals surface area contributed by atoms with Gasteiger partial charge in [0, 0.05) is 13.3 Å². The second-order valence-corrected chi connectivity index (χ2v) is 6.80. The number of benzene rings is 2. The summed E-state index contributed by atoms with van der Waals surface area (Å²) in [5.41, 5.74) is 2.05. The number of hydrogen-bond donors (Lipinski definition) is 1. The Labute approximate surface area is 184 Å². The fraction of sp³-hybridized carbons (Fsp3) is 0.458. The van der Waals surface area contributed by atoms with Crippen LogP contribution in [0.4, 0.5) is 0 Å². The van der Waals surface area contributed by atoms with Crippen molar-refractivity contribution in [1.29, 1.82) is 0 Å². The average Bonchev–Trinajstić information content (AvgIpc) is 2.82. The van der Waals surface area contributed by atoms with Gasteiger partial charge in [0.25, 0.3) is 0 Å². The molecule has 0 saturated carbocycles. The van der Waals surface area contributed by atoms with Crippen LogP contribution in [0.1, 0.15) is 11.1 Å². The highest BCUT2D eigenvalue weighted by molar-refractivity contribution is 5.79. The van der Waals surface area contributed by atoms with E-state index in [9.17, 15) is 5.11 Å². The third-order valence-corrected chi connectivity index (χ3v) is 4.46. The van der Waals surface area contributed by atoms with Crippen LogP contribution in [0, 0.1) is 0 Å². The Morgan fingerprint density at radius 1 is 0.806 bits per heavy atom. The van der Waals surface area contributed by atoms with E-state index in [1.54, 1.807) is 20.4 Å². The third kappa shape index (κ3) is 10.4. The summed E-state index contributed by atoms with van der Waals surface area (Å²) >= 11 is 0. The Kier molecular flexibility index (Phi) is 12.3. The Bertz CT molecular complexity index is 733. The molecule has 2 rings (SSSR count). The lowest BCUT2D eigenvalue weighted by molar-refractivity contribution is 0.0180. The normalized spacial score (nSPS) is 12.2. The Morgan fingerprint density at radius 2 is 1.42 bits per heavy atom. The zero-order valence-electron chi connectivity index (χ0n) is 18.4. The molecule has 1 atom stereocenters. The molecule has 2 aromatic rings. The van der Waals surface area contributed by atoms with Gasteiger partial charge in [-0.1, -0.05) is 12.1 Å². The maximum absolute atomic E-state index is 9.66. The van der Waals surface area contributed by atoms with E-state index in [0.717, 1.165) is 22.6 Å². The summed E-state index contributed by atoms with van der Waals surface area (Å²) < 4.78 is 26.5. The maximum Gasteiger partial charge on any atom is 0.119 e. The van der Waals surface area contributed by atoms with E-state index in [1.807, 2.05) is 48.5 Å². The molecule has 0 aliphatic carbocycles. The molecular weight excluding hydrogens is 398 g/mol. The molecule has 31 heavy (non-hydrogen) atoms. The number of methoxy groups -OCH3 is 2. The molecule has 0 bridgehead atoms. The van der Waals surface area contributed by atoms with Gasteiger partial charge >= 0.3 is 0 Å². The van der Waals surface area contributed by atoms with E-state index in [2.05, 4.69) is 4.99 Å². The van der Waals surface area contributed by atoms with Crippen molar-refractivity contribution in [3.05, 3.63) is 59.7 Å². The number of aliphatic hydroxyl groups excluding tert-OH is 1. The summed E-state index contributed by atoms with van der Waals surface area (Å²) in [7, 11) is 3.28. The molecule has 0 fully saturated rings. The minimum absolute atomic E-state index is 0.0164. The van der Waals surface area contributed by atoms with Crippen LogP contribution in [0.15, 0.2) is 53.5 Å². The molecule has 0 unspecified atom stereocenters. The van der Waals surface area contributed by atoms with Gasteiger partial charge in [0.1, 0.15) is 18.1 Å². The first-order chi connectivity index (χ1) is 15.2. The summed E-state index contributed by atoms with van der Waals surface area (Å²) in [6.45, 7) is 3.21. The van der Waals surface area contributed by atoms with Crippen molar-refractivity contribution >= 4 is 6.21 Å². The van der Waals surface area contributed by atoms with Gasteiger partial charge in [0.15, 0.2) is 0 Å². The first-order valence-electron chi connectivity index (χ1n) is 10.4. The van der Waals surface area contributed by atoms with Crippen LogP contribution in [-0.4, -0.2) is 77.8 Å². The van der Waals surface area contributed by atoms with Crippen LogP contribution in [-0.2, 0) is 20.6 Å². The fourth-order valence-corrected chi connectivity index (χ4v) is 2.72. The van der Waals surface area contributed by atoms with Crippen LogP contribution < -0.4 is 9.47 Å². The molecule has 0 saturated heterocycles. The van der Waals surface area contributed by atoms with Gasteiger partial charge < -0.3 is 28.8 Å². The van der Waals surface area contributed by atoms with Crippen molar-refractivity contribution in [3.63, 3.8) is 0 Å². The summed E-state index contributed by atoms with van der Waals surface area (Å²) in [6.07, 6.45) is 2.43. The topological polar surface area (TPSA) is 78.7 Å². The fourth-order valence-electron chi connectivity index (χ4n) is 2.72. The monoisotopic (exact) mass is 431 g/mol. The minimum Gasteiger partial charge on any atom is -0.497 e. The second-order valence-electron chi connectivity index (χ2n) is 6.80. The minimum atomic E-state index is -0.201. The second kappa shape index (κ2) is 15.4. The van der Waals surface area contributed by atoms with Crippen molar-refractivity contribution in [3.8, 4) is 11.5 Å². The van der Waals surface area contributed by atoms with Crippen molar-refractivity contribution in [2.24, 2.45) is 4.99 Å². The average molecular weight is 432 g/mol. The largest absolute Gasteiger partial charge is 0.497 e. The van der Waals surface area contributed by atoms with Crippen molar-refractivity contribution < 1.29 is 28.8 Å². The van der Waals surface area contributed by atoms with E-state index >= 15 is 0 Å². The highest BCUT2D eigenvalue weighted by Crippen LogP contribution is 2.15. The lowest BCUT2D eigenvalue weighted by Gasteiger charge is -2.11. The van der Waals surface area contributed by atoms with E-state index in [-0.39, 0.29) is 12.6 Å². The number of ether oxygens (including phenoxy) is 5. The molecule has 0 radical (unpaired) electrons. The molecule has 7 heteroatoms. The molecule has 0 aromatic heterocycles. The first kappa shape index (κ1) is 24.8. The molecule has 0 spiro atoms. The van der Waals surface area contributed by atoms with E-state index in [0.29, 0.717) is 46.1 Å². The van der Waals surface area contributed by atoms with Crippen molar-refractivity contribution in [1.82, 2.24) is 0 Å². The zero-order valence-corrected chi connectivity index (χ0v) is 18.4. The Morgan fingerprint density at radius 3 is 2.03 bits per heavy atom. The van der Waals surface area contributed by atoms with Gasteiger partial charge in [0.2, 0.25) is 0 Å². The molecule has 0 aliphatic heterocycles. The van der Waals surface area contributed by atoms with Gasteiger partial charge in [-0.05, 0) is 53.9 Å². The summed E-state index contributed by atoms with van der Waals surface area (Å²) in [4.78, 5) is 4.51. The van der Waals surface area contributed by atoms with Crippen LogP contribution in [0.3, 0.4) is 0 Å². The number of aliphatic hydroxyl groups is 1. The Hall–Kier alpha value is -2.45. The quantitative estimate of drug-likeness (QED) is 0.325. The standard InChI is InChI=1S/C24H33NO6/c1-27-11-12-29-13-14-30-15-16-31-24-9-3-20(4-10-24)17-22(19-26)25-18-21-5-7-23(28-2)8-6-21/h3-10,18,22,26H,11-17,19H2,1-2H3/t22-/m1/s1. The lowest BCUT2D eigenvalue weighted by atomic mass is 10.1. The molecule has 2 aromatic carbocycles. The van der Waals surface area contributed by atoms with Gasteiger partial charge in [-0.15, -0.1) is 0 Å². The first-order valence-corrected chi connectivity index (χ1v) is 10.4. The van der Waals surface area contributed by atoms with E-state index < -0.39 is 0 Å². The van der Waals surface area contributed by atoms with Crippen molar-refractivity contribution in [2.45, 2.75) is 12.5 Å². The maximum atomic E-state index is 9.66. The van der Waals surface area contributed by atoms with Gasteiger partial charge in [-0.2, -0.15) is 0 Å². The van der Waals surface area contributed by atoms with Crippen LogP contribution in [0.25, 0.3) is 0 Å². The summed E-state index contributed by atoms with van der Waals surface area (Å²) in [5.74, 6) is 1.59. The molecule has 0 amide bonds. The lowest BCUT2D eigenvalue weighted by Crippen LogP contribution is -2.14. The van der Waals surface area contributed by atoms with Crippen LogP contribution in [0.2, 0.25) is 0 Å². The van der Waals surface area contributed by atoms with E-state index in [4.69, 9.17) is 23.7 Å². The van der Waals surface area contributed by atoms with Gasteiger partial charge in [-0.3, -0.25) is 4.99 Å². The molecule has 1 N–H and O–H groups in total. The SMILES string of the molecule is COCCOCCOCCOc1ccc(C[C@H](CO)N=Cc2ccc(OC)cc2)cc1. The van der Waals surface area contributed by atoms with Crippen LogP contribution in [0.5, 0.6) is 11.5 Å². The predicted octanol–water partition coefficient (Wildman–Crippen LogP) is 2.78. The number of nitrogens with zero attached hydrogens (tertiary/aromatic N) is 1. The Balaban J connectivity index is 1.68. The molecule has 170 valence electrons. The highest BCUT2D eigenvalue weighted by Gasteiger charge is 2.06.